The first kappa shape index (κ1) is 12.2. The fourth-order valence-corrected chi connectivity index (χ4v) is 2.58. The Balaban J connectivity index is 1.75. The summed E-state index contributed by atoms with van der Waals surface area (Å²) in [6, 6.07) is 8.40. The standard InChI is InChI=1S/C14H15N3OS/c1-9-10(11-5-2-3-7-12(11)15-9)6-4-8-13-16-17-14(19)18-13/h2-3,5,7,15H,4,6,8H2,1H3,(H,17,19). The van der Waals surface area contributed by atoms with Gasteiger partial charge >= 0.3 is 0 Å². The molecule has 3 rings (SSSR count). The molecule has 98 valence electrons. The first-order valence-electron chi connectivity index (χ1n) is 6.34. The van der Waals surface area contributed by atoms with Crippen molar-refractivity contribution in [2.75, 3.05) is 0 Å². The summed E-state index contributed by atoms with van der Waals surface area (Å²) >= 11 is 4.86. The number of nitrogens with one attached hydrogen (secondary N) is 2. The normalized spacial score (nSPS) is 11.2. The molecule has 0 unspecified atom stereocenters. The van der Waals surface area contributed by atoms with Gasteiger partial charge in [0.1, 0.15) is 0 Å². The molecule has 0 fully saturated rings. The number of hydrogen-bond acceptors (Lipinski definition) is 3. The Morgan fingerprint density at radius 1 is 1.26 bits per heavy atom. The summed E-state index contributed by atoms with van der Waals surface area (Å²) in [6.07, 6.45) is 2.79. The Labute approximate surface area is 115 Å². The van der Waals surface area contributed by atoms with Crippen molar-refractivity contribution in [3.63, 3.8) is 0 Å². The average Bonchev–Trinajstić information content (AvgIpc) is 2.94. The van der Waals surface area contributed by atoms with Gasteiger partial charge < -0.3 is 9.40 Å². The van der Waals surface area contributed by atoms with Crippen molar-refractivity contribution < 1.29 is 4.42 Å². The highest BCUT2D eigenvalue weighted by Crippen LogP contribution is 2.23. The summed E-state index contributed by atoms with van der Waals surface area (Å²) in [5, 5.41) is 7.97. The minimum Gasteiger partial charge on any atom is -0.414 e. The molecule has 2 aromatic heterocycles. The van der Waals surface area contributed by atoms with Gasteiger partial charge in [-0.15, -0.1) is 5.10 Å². The van der Waals surface area contributed by atoms with Crippen LogP contribution >= 0.6 is 12.2 Å². The average molecular weight is 273 g/mol. The van der Waals surface area contributed by atoms with E-state index in [1.54, 1.807) is 0 Å². The molecule has 0 aliphatic heterocycles. The molecule has 0 amide bonds. The maximum atomic E-state index is 5.26. The van der Waals surface area contributed by atoms with Gasteiger partial charge in [0, 0.05) is 23.0 Å². The maximum absolute atomic E-state index is 5.26. The molecule has 0 saturated carbocycles. The van der Waals surface area contributed by atoms with Crippen molar-refractivity contribution >= 4 is 23.1 Å². The van der Waals surface area contributed by atoms with Crippen LogP contribution in [0.1, 0.15) is 23.6 Å². The van der Waals surface area contributed by atoms with Crippen LogP contribution in [0.3, 0.4) is 0 Å². The van der Waals surface area contributed by atoms with Crippen LogP contribution in [-0.2, 0) is 12.8 Å². The quantitative estimate of drug-likeness (QED) is 0.713. The molecule has 0 aliphatic rings. The molecule has 2 heterocycles. The molecule has 19 heavy (non-hydrogen) atoms. The van der Waals surface area contributed by atoms with Gasteiger partial charge in [-0.25, -0.2) is 5.10 Å². The Kier molecular flexibility index (Phi) is 3.21. The molecule has 0 aliphatic carbocycles. The van der Waals surface area contributed by atoms with Gasteiger partial charge in [-0.05, 0) is 43.6 Å². The second-order valence-electron chi connectivity index (χ2n) is 4.63. The molecule has 0 radical (unpaired) electrons. The van der Waals surface area contributed by atoms with E-state index in [2.05, 4.69) is 46.4 Å². The predicted molar refractivity (Wildman–Crippen MR) is 76.7 cm³/mol. The lowest BCUT2D eigenvalue weighted by atomic mass is 10.0. The summed E-state index contributed by atoms with van der Waals surface area (Å²) in [4.78, 5) is 3.76. The van der Waals surface area contributed by atoms with Crippen LogP contribution in [0.2, 0.25) is 0 Å². The number of benzene rings is 1. The SMILES string of the molecule is Cc1[nH]c2ccccc2c1CCCc1n[nH]c(=S)o1. The van der Waals surface area contributed by atoms with Crippen molar-refractivity contribution in [2.45, 2.75) is 26.2 Å². The Morgan fingerprint density at radius 2 is 2.11 bits per heavy atom. The van der Waals surface area contributed by atoms with Crippen molar-refractivity contribution in [3.8, 4) is 0 Å². The van der Waals surface area contributed by atoms with Gasteiger partial charge in [0.25, 0.3) is 4.84 Å². The number of aromatic amines is 2. The minimum absolute atomic E-state index is 0.346. The lowest BCUT2D eigenvalue weighted by Crippen LogP contribution is -1.91. The Hall–Kier alpha value is -1.88. The van der Waals surface area contributed by atoms with Crippen molar-refractivity contribution in [2.24, 2.45) is 0 Å². The van der Waals surface area contributed by atoms with Crippen molar-refractivity contribution in [1.29, 1.82) is 0 Å². The van der Waals surface area contributed by atoms with Gasteiger partial charge in [-0.2, -0.15) is 0 Å². The third-order valence-electron chi connectivity index (χ3n) is 3.33. The molecule has 5 heteroatoms. The first-order chi connectivity index (χ1) is 9.24. The van der Waals surface area contributed by atoms with E-state index < -0.39 is 0 Å². The van der Waals surface area contributed by atoms with E-state index in [9.17, 15) is 0 Å². The fourth-order valence-electron chi connectivity index (χ4n) is 2.44. The largest absolute Gasteiger partial charge is 0.414 e. The summed E-state index contributed by atoms with van der Waals surface area (Å²) < 4.78 is 5.26. The zero-order valence-electron chi connectivity index (χ0n) is 10.7. The molecule has 0 atom stereocenters. The summed E-state index contributed by atoms with van der Waals surface area (Å²) in [5.41, 5.74) is 3.82. The van der Waals surface area contributed by atoms with Gasteiger partial charge in [0.2, 0.25) is 5.89 Å². The highest BCUT2D eigenvalue weighted by molar-refractivity contribution is 7.71. The summed E-state index contributed by atoms with van der Waals surface area (Å²) in [6.45, 7) is 2.12. The minimum atomic E-state index is 0.346. The zero-order valence-corrected chi connectivity index (χ0v) is 11.5. The third-order valence-corrected chi connectivity index (χ3v) is 3.50. The molecule has 1 aromatic carbocycles. The molecule has 3 aromatic rings. The maximum Gasteiger partial charge on any atom is 0.284 e. The number of aromatic nitrogens is 3. The topological polar surface area (TPSA) is 57.6 Å². The zero-order chi connectivity index (χ0) is 13.2. The van der Waals surface area contributed by atoms with E-state index in [0.29, 0.717) is 10.7 Å². The summed E-state index contributed by atoms with van der Waals surface area (Å²) in [5.74, 6) is 0.683. The Morgan fingerprint density at radius 3 is 2.89 bits per heavy atom. The highest BCUT2D eigenvalue weighted by Gasteiger charge is 2.08. The van der Waals surface area contributed by atoms with E-state index >= 15 is 0 Å². The summed E-state index contributed by atoms with van der Waals surface area (Å²) in [7, 11) is 0. The number of aryl methyl sites for hydroxylation is 3. The molecular weight excluding hydrogens is 258 g/mol. The first-order valence-corrected chi connectivity index (χ1v) is 6.75. The van der Waals surface area contributed by atoms with E-state index in [1.165, 1.54) is 22.2 Å². The van der Waals surface area contributed by atoms with E-state index in [1.807, 2.05) is 0 Å². The highest BCUT2D eigenvalue weighted by atomic mass is 32.1. The molecule has 0 bridgehead atoms. The lowest BCUT2D eigenvalue weighted by Gasteiger charge is -2.00. The van der Waals surface area contributed by atoms with E-state index in [4.69, 9.17) is 16.6 Å². The van der Waals surface area contributed by atoms with Crippen LogP contribution in [-0.4, -0.2) is 15.2 Å². The predicted octanol–water partition coefficient (Wildman–Crippen LogP) is 3.70. The molecule has 0 saturated heterocycles. The molecule has 2 N–H and O–H groups in total. The van der Waals surface area contributed by atoms with Gasteiger partial charge in [-0.3, -0.25) is 0 Å². The van der Waals surface area contributed by atoms with Gasteiger partial charge in [0.15, 0.2) is 0 Å². The van der Waals surface area contributed by atoms with Crippen LogP contribution < -0.4 is 0 Å². The van der Waals surface area contributed by atoms with E-state index in [-0.39, 0.29) is 0 Å². The molecular formula is C14H15N3OS. The second-order valence-corrected chi connectivity index (χ2v) is 5.01. The number of hydrogen-bond donors (Lipinski definition) is 2. The van der Waals surface area contributed by atoms with Crippen LogP contribution in [0.25, 0.3) is 10.9 Å². The van der Waals surface area contributed by atoms with Gasteiger partial charge in [0.05, 0.1) is 0 Å². The third kappa shape index (κ3) is 2.46. The van der Waals surface area contributed by atoms with E-state index in [0.717, 1.165) is 19.3 Å². The van der Waals surface area contributed by atoms with Crippen LogP contribution in [0, 0.1) is 11.8 Å². The number of para-hydroxylation sites is 1. The number of fused-ring (bicyclic) bond motifs is 1. The van der Waals surface area contributed by atoms with Crippen molar-refractivity contribution in [1.82, 2.24) is 15.2 Å². The monoisotopic (exact) mass is 273 g/mol. The Bertz CT molecular complexity index is 753. The fraction of sp³-hybridized carbons (Fsp3) is 0.286. The number of nitrogens with zero attached hydrogens (tertiary/aromatic N) is 1. The lowest BCUT2D eigenvalue weighted by molar-refractivity contribution is 0.474. The van der Waals surface area contributed by atoms with Gasteiger partial charge in [-0.1, -0.05) is 18.2 Å². The molecule has 0 spiro atoms. The number of H-pyrrole nitrogens is 2. The van der Waals surface area contributed by atoms with Crippen molar-refractivity contribution in [3.05, 3.63) is 46.3 Å². The van der Waals surface area contributed by atoms with Crippen LogP contribution in [0.4, 0.5) is 0 Å². The number of rotatable bonds is 4. The van der Waals surface area contributed by atoms with Crippen LogP contribution in [0.15, 0.2) is 28.7 Å². The second kappa shape index (κ2) is 5.01. The van der Waals surface area contributed by atoms with Crippen LogP contribution in [0.5, 0.6) is 0 Å². The smallest absolute Gasteiger partial charge is 0.284 e. The molecule has 4 nitrogen and oxygen atoms in total.